The van der Waals surface area contributed by atoms with Crippen molar-refractivity contribution in [2.45, 2.75) is 31.3 Å². The van der Waals surface area contributed by atoms with Gasteiger partial charge in [-0.15, -0.1) is 11.8 Å². The molecule has 2 aromatic carbocycles. The molecule has 6 heteroatoms. The van der Waals surface area contributed by atoms with Gasteiger partial charge >= 0.3 is 0 Å². The van der Waals surface area contributed by atoms with Crippen molar-refractivity contribution < 1.29 is 9.47 Å². The van der Waals surface area contributed by atoms with Crippen LogP contribution in [0, 0.1) is 0 Å². The Bertz CT molecular complexity index is 673. The number of thioether (sulfide) groups is 1. The van der Waals surface area contributed by atoms with Gasteiger partial charge in [-0.05, 0) is 86.8 Å². The summed E-state index contributed by atoms with van der Waals surface area (Å²) in [6, 6.07) is 15.9. The van der Waals surface area contributed by atoms with Crippen molar-refractivity contribution in [3.05, 3.63) is 48.5 Å². The Morgan fingerprint density at radius 1 is 1.04 bits per heavy atom. The van der Waals surface area contributed by atoms with E-state index in [2.05, 4.69) is 22.8 Å². The third-order valence-corrected chi connectivity index (χ3v) is 4.76. The lowest BCUT2D eigenvalue weighted by molar-refractivity contribution is 0.242. The van der Waals surface area contributed by atoms with Gasteiger partial charge in [-0.1, -0.05) is 0 Å². The predicted molar refractivity (Wildman–Crippen MR) is 115 cm³/mol. The van der Waals surface area contributed by atoms with Crippen LogP contribution in [0.4, 0.5) is 5.69 Å². The summed E-state index contributed by atoms with van der Waals surface area (Å²) in [6.45, 7) is 4.86. The topological polar surface area (TPSA) is 42.5 Å². The number of ether oxygens (including phenoxy) is 2. The van der Waals surface area contributed by atoms with Gasteiger partial charge in [-0.2, -0.15) is 0 Å². The number of benzene rings is 2. The summed E-state index contributed by atoms with van der Waals surface area (Å²) in [4.78, 5) is 1.25. The summed E-state index contributed by atoms with van der Waals surface area (Å²) in [6.07, 6.45) is 1.20. The Balaban J connectivity index is 1.62. The number of nitrogens with one attached hydrogen (secondary N) is 2. The molecule has 0 heterocycles. The molecule has 0 spiro atoms. The first-order valence-corrected chi connectivity index (χ1v) is 10.0. The molecule has 0 aliphatic heterocycles. The lowest BCUT2D eigenvalue weighted by atomic mass is 10.3. The van der Waals surface area contributed by atoms with Crippen molar-refractivity contribution in [1.29, 1.82) is 0 Å². The molecule has 0 fully saturated rings. The third kappa shape index (κ3) is 7.54. The van der Waals surface area contributed by atoms with Crippen LogP contribution in [-0.4, -0.2) is 30.6 Å². The van der Waals surface area contributed by atoms with Crippen LogP contribution in [-0.2, 0) is 0 Å². The van der Waals surface area contributed by atoms with Gasteiger partial charge in [0.25, 0.3) is 0 Å². The molecule has 0 unspecified atom stereocenters. The van der Waals surface area contributed by atoms with E-state index in [4.69, 9.17) is 21.7 Å². The van der Waals surface area contributed by atoms with E-state index in [-0.39, 0.29) is 6.10 Å². The highest BCUT2D eigenvalue weighted by Gasteiger charge is 2.01. The number of rotatable bonds is 9. The van der Waals surface area contributed by atoms with E-state index >= 15 is 0 Å². The summed E-state index contributed by atoms with van der Waals surface area (Å²) >= 11 is 7.16. The molecule has 26 heavy (non-hydrogen) atoms. The first kappa shape index (κ1) is 20.4. The average molecular weight is 391 g/mol. The molecule has 0 aromatic heterocycles. The monoisotopic (exact) mass is 390 g/mol. The van der Waals surface area contributed by atoms with Gasteiger partial charge in [0.05, 0.1) is 13.2 Å². The second-order valence-corrected chi connectivity index (χ2v) is 7.53. The van der Waals surface area contributed by atoms with Crippen LogP contribution in [0.1, 0.15) is 20.3 Å². The highest BCUT2D eigenvalue weighted by Crippen LogP contribution is 2.21. The Morgan fingerprint density at radius 2 is 1.69 bits per heavy atom. The van der Waals surface area contributed by atoms with Crippen LogP contribution in [0.5, 0.6) is 11.5 Å². The van der Waals surface area contributed by atoms with Gasteiger partial charge in [0.1, 0.15) is 11.5 Å². The zero-order valence-electron chi connectivity index (χ0n) is 15.5. The summed E-state index contributed by atoms with van der Waals surface area (Å²) in [7, 11) is 1.68. The summed E-state index contributed by atoms with van der Waals surface area (Å²) in [5.41, 5.74) is 0.950. The fraction of sp³-hybridized carbons (Fsp3) is 0.350. The molecule has 4 nitrogen and oxygen atoms in total. The first-order valence-electron chi connectivity index (χ1n) is 8.65. The van der Waals surface area contributed by atoms with Crippen LogP contribution in [0.25, 0.3) is 0 Å². The molecule has 2 rings (SSSR count). The van der Waals surface area contributed by atoms with Crippen molar-refractivity contribution in [2.75, 3.05) is 24.7 Å². The zero-order valence-corrected chi connectivity index (χ0v) is 17.1. The van der Waals surface area contributed by atoms with Crippen molar-refractivity contribution in [3.8, 4) is 11.5 Å². The molecule has 0 atom stereocenters. The number of anilines is 1. The van der Waals surface area contributed by atoms with Gasteiger partial charge in [0, 0.05) is 17.1 Å². The van der Waals surface area contributed by atoms with E-state index in [0.717, 1.165) is 35.9 Å². The summed E-state index contributed by atoms with van der Waals surface area (Å²) in [5, 5.41) is 7.06. The van der Waals surface area contributed by atoms with Crippen LogP contribution in [0.2, 0.25) is 0 Å². The van der Waals surface area contributed by atoms with E-state index in [1.54, 1.807) is 7.11 Å². The quantitative estimate of drug-likeness (QED) is 0.359. The second-order valence-electron chi connectivity index (χ2n) is 5.95. The molecule has 0 bridgehead atoms. The largest absolute Gasteiger partial charge is 0.497 e. The molecule has 2 N–H and O–H groups in total. The van der Waals surface area contributed by atoms with E-state index in [1.165, 1.54) is 4.90 Å². The smallest absolute Gasteiger partial charge is 0.170 e. The van der Waals surface area contributed by atoms with Crippen LogP contribution < -0.4 is 20.1 Å². The highest BCUT2D eigenvalue weighted by molar-refractivity contribution is 7.99. The van der Waals surface area contributed by atoms with Gasteiger partial charge in [0.2, 0.25) is 0 Å². The van der Waals surface area contributed by atoms with Crippen molar-refractivity contribution in [1.82, 2.24) is 5.32 Å². The minimum atomic E-state index is 0.173. The zero-order chi connectivity index (χ0) is 18.8. The maximum absolute atomic E-state index is 5.63. The Labute approximate surface area is 165 Å². The van der Waals surface area contributed by atoms with Gasteiger partial charge in [-0.25, -0.2) is 0 Å². The lowest BCUT2D eigenvalue weighted by Gasteiger charge is -2.12. The maximum Gasteiger partial charge on any atom is 0.170 e. The summed E-state index contributed by atoms with van der Waals surface area (Å²) < 4.78 is 10.8. The van der Waals surface area contributed by atoms with Crippen molar-refractivity contribution in [2.24, 2.45) is 0 Å². The van der Waals surface area contributed by atoms with Gasteiger partial charge in [-0.3, -0.25) is 0 Å². The number of hydrogen-bond donors (Lipinski definition) is 2. The number of hydrogen-bond acceptors (Lipinski definition) is 4. The summed E-state index contributed by atoms with van der Waals surface area (Å²) in [5.74, 6) is 2.78. The number of thiocarbonyl (C=S) groups is 1. The predicted octanol–water partition coefficient (Wildman–Crippen LogP) is 4.95. The van der Waals surface area contributed by atoms with Gasteiger partial charge in [0.15, 0.2) is 5.11 Å². The highest BCUT2D eigenvalue weighted by atomic mass is 32.2. The molecular weight excluding hydrogens is 364 g/mol. The Morgan fingerprint density at radius 3 is 2.31 bits per heavy atom. The number of methoxy groups -OCH3 is 1. The third-order valence-electron chi connectivity index (χ3n) is 3.42. The minimum absolute atomic E-state index is 0.173. The molecule has 0 radical (unpaired) electrons. The van der Waals surface area contributed by atoms with E-state index < -0.39 is 0 Å². The van der Waals surface area contributed by atoms with E-state index in [9.17, 15) is 0 Å². The Hall–Kier alpha value is -1.92. The second kappa shape index (κ2) is 10.9. The minimum Gasteiger partial charge on any atom is -0.497 e. The lowest BCUT2D eigenvalue weighted by Crippen LogP contribution is -2.29. The first-order chi connectivity index (χ1) is 12.6. The molecule has 2 aromatic rings. The molecule has 0 amide bonds. The fourth-order valence-electron chi connectivity index (χ4n) is 2.20. The molecule has 0 saturated carbocycles. The fourth-order valence-corrected chi connectivity index (χ4v) is 3.27. The molecule has 0 saturated heterocycles. The van der Waals surface area contributed by atoms with E-state index in [0.29, 0.717) is 5.11 Å². The maximum atomic E-state index is 5.63. The molecular formula is C20H26N2O2S2. The molecule has 0 aliphatic carbocycles. The van der Waals surface area contributed by atoms with Crippen molar-refractivity contribution in [3.63, 3.8) is 0 Å². The van der Waals surface area contributed by atoms with Crippen LogP contribution in [0.3, 0.4) is 0 Å². The van der Waals surface area contributed by atoms with Crippen LogP contribution in [0.15, 0.2) is 53.4 Å². The molecule has 0 aliphatic rings. The van der Waals surface area contributed by atoms with Crippen molar-refractivity contribution >= 4 is 34.8 Å². The molecule has 140 valence electrons. The van der Waals surface area contributed by atoms with E-state index in [1.807, 2.05) is 62.0 Å². The normalized spacial score (nSPS) is 10.5. The Kier molecular flexibility index (Phi) is 8.58. The van der Waals surface area contributed by atoms with Gasteiger partial charge < -0.3 is 20.1 Å². The average Bonchev–Trinajstić information content (AvgIpc) is 2.63. The SMILES string of the molecule is COc1ccc(SCCCNC(=S)Nc2ccc(OC(C)C)cc2)cc1. The standard InChI is InChI=1S/C20H26N2O2S2/c1-15(2)24-18-7-5-16(6-8-18)22-20(25)21-13-4-14-26-19-11-9-17(23-3)10-12-19/h5-12,15H,4,13-14H2,1-3H3,(H2,21,22,25). The van der Waals surface area contributed by atoms with Crippen LogP contribution >= 0.6 is 24.0 Å².